The number of nitrogens with two attached hydrogens (primary N) is 2. The summed E-state index contributed by atoms with van der Waals surface area (Å²) in [5.41, 5.74) is 11.5. The Hall–Kier alpha value is -3.72. The third-order valence-corrected chi connectivity index (χ3v) is 3.92. The van der Waals surface area contributed by atoms with E-state index in [-0.39, 0.29) is 41.5 Å². The standard InChI is InChI=1S/C20H20FN3O5/c1-28-6-7-29-18-10-16(23)13(8-14(18)21)19(24)17(25)9-15(22)11-2-4-12(5-3-11)20(26)27/h2-5,8-10,24H,6-7,22-23H2,1H3,(H,26,27). The number of halogens is 1. The van der Waals surface area contributed by atoms with Crippen LogP contribution < -0.4 is 16.2 Å². The SMILES string of the molecule is COCCOc1cc(N)c(C(=N)C(=O)C=C(N)c2ccc(C(=O)O)cc2)cc1F. The van der Waals surface area contributed by atoms with E-state index in [1.807, 2.05) is 0 Å². The fourth-order valence-corrected chi connectivity index (χ4v) is 2.37. The van der Waals surface area contributed by atoms with Gasteiger partial charge < -0.3 is 26.0 Å². The lowest BCUT2D eigenvalue weighted by Crippen LogP contribution is -2.16. The van der Waals surface area contributed by atoms with E-state index >= 15 is 0 Å². The van der Waals surface area contributed by atoms with E-state index in [0.29, 0.717) is 5.56 Å². The van der Waals surface area contributed by atoms with Gasteiger partial charge >= 0.3 is 5.97 Å². The van der Waals surface area contributed by atoms with Crippen molar-refractivity contribution in [1.29, 1.82) is 5.41 Å². The Labute approximate surface area is 166 Å². The monoisotopic (exact) mass is 401 g/mol. The number of hydrogen-bond donors (Lipinski definition) is 4. The first-order valence-corrected chi connectivity index (χ1v) is 8.39. The molecule has 0 spiro atoms. The molecule has 0 aliphatic rings. The largest absolute Gasteiger partial charge is 0.488 e. The lowest BCUT2D eigenvalue weighted by molar-refractivity contribution is -0.108. The number of anilines is 1. The Morgan fingerprint density at radius 1 is 1.17 bits per heavy atom. The number of hydrogen-bond acceptors (Lipinski definition) is 7. The summed E-state index contributed by atoms with van der Waals surface area (Å²) in [5.74, 6) is -2.77. The molecule has 2 aromatic carbocycles. The number of carboxylic acids is 1. The van der Waals surface area contributed by atoms with Gasteiger partial charge in [-0.3, -0.25) is 10.2 Å². The van der Waals surface area contributed by atoms with Gasteiger partial charge in [0.25, 0.3) is 0 Å². The number of allylic oxidation sites excluding steroid dienone is 1. The fraction of sp³-hybridized carbons (Fsp3) is 0.150. The molecule has 0 aliphatic heterocycles. The number of carboxylic acid groups (broad SMARTS) is 1. The first-order valence-electron chi connectivity index (χ1n) is 8.39. The molecule has 0 fully saturated rings. The molecular weight excluding hydrogens is 381 g/mol. The number of carbonyl (C=O) groups excluding carboxylic acids is 1. The van der Waals surface area contributed by atoms with Gasteiger partial charge in [0.15, 0.2) is 11.6 Å². The second kappa shape index (κ2) is 9.47. The van der Waals surface area contributed by atoms with Crippen LogP contribution in [0.4, 0.5) is 10.1 Å². The Morgan fingerprint density at radius 2 is 1.79 bits per heavy atom. The van der Waals surface area contributed by atoms with Crippen LogP contribution >= 0.6 is 0 Å². The summed E-state index contributed by atoms with van der Waals surface area (Å²) in [6, 6.07) is 7.69. The van der Waals surface area contributed by atoms with Gasteiger partial charge in [-0.1, -0.05) is 12.1 Å². The molecule has 29 heavy (non-hydrogen) atoms. The molecule has 8 nitrogen and oxygen atoms in total. The van der Waals surface area contributed by atoms with Crippen LogP contribution in [0.2, 0.25) is 0 Å². The molecule has 0 saturated carbocycles. The van der Waals surface area contributed by atoms with E-state index in [1.165, 1.54) is 37.4 Å². The van der Waals surface area contributed by atoms with Crippen molar-refractivity contribution in [3.05, 3.63) is 65.0 Å². The summed E-state index contributed by atoms with van der Waals surface area (Å²) in [6.45, 7) is 0.370. The Morgan fingerprint density at radius 3 is 2.38 bits per heavy atom. The third-order valence-electron chi connectivity index (χ3n) is 3.92. The molecule has 0 heterocycles. The van der Waals surface area contributed by atoms with Gasteiger partial charge in [-0.2, -0.15) is 0 Å². The minimum atomic E-state index is -1.09. The molecule has 0 saturated heterocycles. The fourth-order valence-electron chi connectivity index (χ4n) is 2.37. The van der Waals surface area contributed by atoms with E-state index in [1.54, 1.807) is 0 Å². The first kappa shape index (κ1) is 21.6. The van der Waals surface area contributed by atoms with Crippen molar-refractivity contribution in [1.82, 2.24) is 0 Å². The van der Waals surface area contributed by atoms with Crippen LogP contribution in [0.5, 0.6) is 5.75 Å². The summed E-state index contributed by atoms with van der Waals surface area (Å²) >= 11 is 0. The summed E-state index contributed by atoms with van der Waals surface area (Å²) in [6.07, 6.45) is 0.998. The number of ketones is 1. The maximum absolute atomic E-state index is 14.2. The first-order chi connectivity index (χ1) is 13.7. The highest BCUT2D eigenvalue weighted by Gasteiger charge is 2.17. The number of ether oxygens (including phenoxy) is 2. The number of carbonyl (C=O) groups is 2. The Kier molecular flexibility index (Phi) is 7.05. The quantitative estimate of drug-likeness (QED) is 0.217. The van der Waals surface area contributed by atoms with Crippen LogP contribution in [0, 0.1) is 11.2 Å². The molecule has 0 radical (unpaired) electrons. The van der Waals surface area contributed by atoms with Crippen molar-refractivity contribution >= 4 is 28.8 Å². The van der Waals surface area contributed by atoms with Crippen LogP contribution in [0.25, 0.3) is 5.70 Å². The van der Waals surface area contributed by atoms with Crippen molar-refractivity contribution in [3.63, 3.8) is 0 Å². The second-order valence-corrected chi connectivity index (χ2v) is 5.93. The highest BCUT2D eigenvalue weighted by atomic mass is 19.1. The smallest absolute Gasteiger partial charge is 0.335 e. The number of aromatic carboxylic acids is 1. The van der Waals surface area contributed by atoms with E-state index in [0.717, 1.165) is 12.1 Å². The highest BCUT2D eigenvalue weighted by molar-refractivity contribution is 6.50. The minimum Gasteiger partial charge on any atom is -0.488 e. The summed E-state index contributed by atoms with van der Waals surface area (Å²) in [5, 5.41) is 16.9. The summed E-state index contributed by atoms with van der Waals surface area (Å²) < 4.78 is 24.2. The topological polar surface area (TPSA) is 149 Å². The van der Waals surface area contributed by atoms with Crippen molar-refractivity contribution < 1.29 is 28.6 Å². The van der Waals surface area contributed by atoms with Crippen molar-refractivity contribution in [2.45, 2.75) is 0 Å². The Bertz CT molecular complexity index is 971. The number of nitrogens with one attached hydrogen (secondary N) is 1. The minimum absolute atomic E-state index is 0.00468. The molecular formula is C20H20FN3O5. The van der Waals surface area contributed by atoms with Crippen molar-refractivity contribution in [2.75, 3.05) is 26.1 Å². The van der Waals surface area contributed by atoms with E-state index in [9.17, 15) is 14.0 Å². The molecule has 0 unspecified atom stereocenters. The lowest BCUT2D eigenvalue weighted by Gasteiger charge is -2.11. The molecule has 2 rings (SSSR count). The zero-order valence-electron chi connectivity index (χ0n) is 15.6. The number of rotatable bonds is 9. The number of benzene rings is 2. The van der Waals surface area contributed by atoms with Gasteiger partial charge in [0.2, 0.25) is 5.78 Å². The molecule has 9 heteroatoms. The van der Waals surface area contributed by atoms with Crippen molar-refractivity contribution in [3.8, 4) is 5.75 Å². The van der Waals surface area contributed by atoms with Gasteiger partial charge in [-0.15, -0.1) is 0 Å². The predicted molar refractivity (Wildman–Crippen MR) is 106 cm³/mol. The zero-order chi connectivity index (χ0) is 21.6. The van der Waals surface area contributed by atoms with Crippen LogP contribution in [0.1, 0.15) is 21.5 Å². The van der Waals surface area contributed by atoms with Crippen molar-refractivity contribution in [2.24, 2.45) is 5.73 Å². The second-order valence-electron chi connectivity index (χ2n) is 5.93. The third kappa shape index (κ3) is 5.39. The van der Waals surface area contributed by atoms with Gasteiger partial charge in [-0.25, -0.2) is 9.18 Å². The normalized spacial score (nSPS) is 11.2. The maximum Gasteiger partial charge on any atom is 0.335 e. The molecule has 152 valence electrons. The van der Waals surface area contributed by atoms with Gasteiger partial charge in [0.05, 0.1) is 12.2 Å². The average Bonchev–Trinajstić information content (AvgIpc) is 2.69. The number of nitrogen functional groups attached to an aromatic ring is 1. The molecule has 6 N–H and O–H groups in total. The molecule has 0 atom stereocenters. The molecule has 2 aromatic rings. The van der Waals surface area contributed by atoms with Gasteiger partial charge in [0, 0.05) is 36.2 Å². The summed E-state index contributed by atoms with van der Waals surface area (Å²) in [7, 11) is 1.48. The van der Waals surface area contributed by atoms with E-state index in [4.69, 9.17) is 31.5 Å². The van der Waals surface area contributed by atoms with E-state index < -0.39 is 23.3 Å². The van der Waals surface area contributed by atoms with Crippen LogP contribution in [0.3, 0.4) is 0 Å². The van der Waals surface area contributed by atoms with E-state index in [2.05, 4.69) is 0 Å². The molecule has 0 bridgehead atoms. The average molecular weight is 401 g/mol. The summed E-state index contributed by atoms with van der Waals surface area (Å²) in [4.78, 5) is 23.2. The maximum atomic E-state index is 14.2. The molecule has 0 amide bonds. The highest BCUT2D eigenvalue weighted by Crippen LogP contribution is 2.25. The lowest BCUT2D eigenvalue weighted by atomic mass is 10.0. The van der Waals surface area contributed by atoms with Crippen LogP contribution in [-0.4, -0.2) is 42.9 Å². The van der Waals surface area contributed by atoms with Crippen LogP contribution in [-0.2, 0) is 9.53 Å². The Balaban J connectivity index is 2.20. The molecule has 0 aliphatic carbocycles. The zero-order valence-corrected chi connectivity index (χ0v) is 15.6. The van der Waals surface area contributed by atoms with Crippen LogP contribution in [0.15, 0.2) is 42.5 Å². The number of methoxy groups -OCH3 is 1. The van der Waals surface area contributed by atoms with Gasteiger partial charge in [0.1, 0.15) is 12.3 Å². The molecule has 0 aromatic heterocycles. The predicted octanol–water partition coefficient (Wildman–Crippen LogP) is 2.07. The van der Waals surface area contributed by atoms with Gasteiger partial charge in [-0.05, 0) is 23.8 Å².